The molecule has 1 fully saturated rings. The molecule has 1 aliphatic rings. The van der Waals surface area contributed by atoms with Gasteiger partial charge in [0, 0.05) is 25.7 Å². The van der Waals surface area contributed by atoms with E-state index in [1.54, 1.807) is 19.2 Å². The monoisotopic (exact) mass is 324 g/mol. The smallest absolute Gasteiger partial charge is 0.240 e. The number of nitrogens with zero attached hydrogens (tertiary/aromatic N) is 1. The third-order valence-electron chi connectivity index (χ3n) is 3.24. The van der Waals surface area contributed by atoms with E-state index in [1.807, 2.05) is 26.0 Å². The van der Waals surface area contributed by atoms with Gasteiger partial charge in [0.25, 0.3) is 0 Å². The average molecular weight is 324 g/mol. The van der Waals surface area contributed by atoms with Gasteiger partial charge in [0.15, 0.2) is 5.96 Å². The van der Waals surface area contributed by atoms with Crippen molar-refractivity contribution in [1.82, 2.24) is 15.4 Å². The van der Waals surface area contributed by atoms with E-state index in [9.17, 15) is 8.42 Å². The Labute approximate surface area is 132 Å². The summed E-state index contributed by atoms with van der Waals surface area (Å²) in [4.78, 5) is 4.44. The average Bonchev–Trinajstić information content (AvgIpc) is 3.26. The van der Waals surface area contributed by atoms with Crippen LogP contribution in [0.3, 0.4) is 0 Å². The number of benzene rings is 1. The third-order valence-corrected chi connectivity index (χ3v) is 4.78. The van der Waals surface area contributed by atoms with Gasteiger partial charge < -0.3 is 10.6 Å². The molecule has 0 amide bonds. The fourth-order valence-corrected chi connectivity index (χ4v) is 3.23. The first kappa shape index (κ1) is 16.8. The van der Waals surface area contributed by atoms with Crippen LogP contribution in [0.4, 0.5) is 0 Å². The largest absolute Gasteiger partial charge is 0.354 e. The number of guanidine groups is 1. The molecular formula is C15H24N4O2S. The molecule has 1 aromatic rings. The molecule has 0 aromatic heterocycles. The minimum absolute atomic E-state index is 0.122. The van der Waals surface area contributed by atoms with Crippen molar-refractivity contribution in [3.8, 4) is 0 Å². The maximum absolute atomic E-state index is 12.1. The lowest BCUT2D eigenvalue weighted by atomic mass is 10.2. The fourth-order valence-electron chi connectivity index (χ4n) is 1.93. The van der Waals surface area contributed by atoms with Crippen molar-refractivity contribution in [3.63, 3.8) is 0 Å². The second-order valence-corrected chi connectivity index (χ2v) is 7.48. The number of nitrogens with one attached hydrogen (secondary N) is 3. The molecule has 0 unspecified atom stereocenters. The lowest BCUT2D eigenvalue weighted by Gasteiger charge is -2.14. The molecule has 1 saturated carbocycles. The topological polar surface area (TPSA) is 82.6 Å². The van der Waals surface area contributed by atoms with Gasteiger partial charge in [-0.2, -0.15) is 0 Å². The van der Waals surface area contributed by atoms with Gasteiger partial charge in [-0.05, 0) is 44.4 Å². The molecule has 3 N–H and O–H groups in total. The summed E-state index contributed by atoms with van der Waals surface area (Å²) < 4.78 is 26.8. The second kappa shape index (κ2) is 7.11. The molecule has 7 heteroatoms. The molecule has 0 saturated heterocycles. The van der Waals surface area contributed by atoms with Crippen molar-refractivity contribution in [2.45, 2.75) is 50.2 Å². The van der Waals surface area contributed by atoms with Crippen LogP contribution in [0.2, 0.25) is 0 Å². The van der Waals surface area contributed by atoms with Gasteiger partial charge in [-0.3, -0.25) is 4.99 Å². The highest BCUT2D eigenvalue weighted by Gasteiger charge is 2.27. The Kier molecular flexibility index (Phi) is 5.42. The van der Waals surface area contributed by atoms with Crippen molar-refractivity contribution < 1.29 is 8.42 Å². The predicted octanol–water partition coefficient (Wildman–Crippen LogP) is 1.20. The van der Waals surface area contributed by atoms with E-state index < -0.39 is 10.0 Å². The number of aliphatic imine (C=N–C) groups is 1. The maximum atomic E-state index is 12.1. The van der Waals surface area contributed by atoms with Crippen molar-refractivity contribution in [2.75, 3.05) is 7.05 Å². The zero-order valence-corrected chi connectivity index (χ0v) is 14.1. The van der Waals surface area contributed by atoms with Gasteiger partial charge in [-0.1, -0.05) is 12.1 Å². The molecule has 22 heavy (non-hydrogen) atoms. The first-order valence-corrected chi connectivity index (χ1v) is 8.97. The van der Waals surface area contributed by atoms with Crippen LogP contribution in [0.5, 0.6) is 0 Å². The molecule has 0 radical (unpaired) electrons. The molecule has 1 aromatic carbocycles. The van der Waals surface area contributed by atoms with Gasteiger partial charge in [-0.25, -0.2) is 13.1 Å². The molecule has 122 valence electrons. The molecule has 1 aliphatic carbocycles. The molecule has 0 heterocycles. The highest BCUT2D eigenvalue weighted by Crippen LogP contribution is 2.22. The highest BCUT2D eigenvalue weighted by atomic mass is 32.2. The Bertz CT molecular complexity index is 619. The summed E-state index contributed by atoms with van der Waals surface area (Å²) in [5.41, 5.74) is 0.997. The van der Waals surface area contributed by atoms with E-state index in [-0.39, 0.29) is 6.04 Å². The fraction of sp³-hybridized carbons (Fsp3) is 0.533. The van der Waals surface area contributed by atoms with Crippen LogP contribution in [-0.4, -0.2) is 33.5 Å². The number of sulfonamides is 1. The summed E-state index contributed by atoms with van der Waals surface area (Å²) in [6, 6.07) is 7.33. The second-order valence-electron chi connectivity index (χ2n) is 5.76. The molecular weight excluding hydrogens is 300 g/mol. The summed E-state index contributed by atoms with van der Waals surface area (Å²) in [5, 5.41) is 6.39. The number of rotatable bonds is 6. The first-order valence-electron chi connectivity index (χ1n) is 7.49. The van der Waals surface area contributed by atoms with Crippen molar-refractivity contribution in [1.29, 1.82) is 0 Å². The van der Waals surface area contributed by atoms with E-state index in [4.69, 9.17) is 0 Å². The van der Waals surface area contributed by atoms with Crippen LogP contribution < -0.4 is 15.4 Å². The highest BCUT2D eigenvalue weighted by molar-refractivity contribution is 7.89. The SMILES string of the molecule is CN=C(NCc1ccc(S(=O)(=O)NC2CC2)cc1)NC(C)C. The molecule has 0 spiro atoms. The Balaban J connectivity index is 1.94. The Morgan fingerprint density at radius 3 is 2.41 bits per heavy atom. The van der Waals surface area contributed by atoms with Gasteiger partial charge >= 0.3 is 0 Å². The number of hydrogen-bond donors (Lipinski definition) is 3. The third kappa shape index (κ3) is 4.99. The predicted molar refractivity (Wildman–Crippen MR) is 88.3 cm³/mol. The zero-order valence-electron chi connectivity index (χ0n) is 13.3. The maximum Gasteiger partial charge on any atom is 0.240 e. The van der Waals surface area contributed by atoms with Gasteiger partial charge in [0.05, 0.1) is 4.90 Å². The van der Waals surface area contributed by atoms with Crippen molar-refractivity contribution in [2.24, 2.45) is 4.99 Å². The normalized spacial score (nSPS) is 15.9. The van der Waals surface area contributed by atoms with Crippen LogP contribution in [-0.2, 0) is 16.6 Å². The van der Waals surface area contributed by atoms with E-state index in [2.05, 4.69) is 20.3 Å². The van der Waals surface area contributed by atoms with Crippen molar-refractivity contribution >= 4 is 16.0 Å². The minimum Gasteiger partial charge on any atom is -0.354 e. The molecule has 2 rings (SSSR count). The van der Waals surface area contributed by atoms with Crippen LogP contribution >= 0.6 is 0 Å². The van der Waals surface area contributed by atoms with Crippen molar-refractivity contribution in [3.05, 3.63) is 29.8 Å². The summed E-state index contributed by atoms with van der Waals surface area (Å²) in [5.74, 6) is 0.724. The standard InChI is InChI=1S/C15H24N4O2S/c1-11(2)18-15(16-3)17-10-12-4-8-14(9-5-12)22(20,21)19-13-6-7-13/h4-5,8-9,11,13,19H,6-7,10H2,1-3H3,(H2,16,17,18). The van der Waals surface area contributed by atoms with Crippen LogP contribution in [0.25, 0.3) is 0 Å². The van der Waals surface area contributed by atoms with Gasteiger partial charge in [0.1, 0.15) is 0 Å². The van der Waals surface area contributed by atoms with E-state index in [0.717, 1.165) is 24.4 Å². The lowest BCUT2D eigenvalue weighted by Crippen LogP contribution is -2.40. The molecule has 0 atom stereocenters. The summed E-state index contributed by atoms with van der Waals surface area (Å²) in [6.45, 7) is 4.67. The molecule has 0 bridgehead atoms. The summed E-state index contributed by atoms with van der Waals surface area (Å²) >= 11 is 0. The summed E-state index contributed by atoms with van der Waals surface area (Å²) in [7, 11) is -1.65. The Morgan fingerprint density at radius 2 is 1.91 bits per heavy atom. The number of hydrogen-bond acceptors (Lipinski definition) is 3. The van der Waals surface area contributed by atoms with E-state index in [1.165, 1.54) is 0 Å². The quantitative estimate of drug-likeness (QED) is 0.542. The van der Waals surface area contributed by atoms with Gasteiger partial charge in [0.2, 0.25) is 10.0 Å². The van der Waals surface area contributed by atoms with E-state index >= 15 is 0 Å². The minimum atomic E-state index is -3.37. The Hall–Kier alpha value is -1.60. The van der Waals surface area contributed by atoms with Crippen LogP contribution in [0.15, 0.2) is 34.2 Å². The molecule has 6 nitrogen and oxygen atoms in total. The Morgan fingerprint density at radius 1 is 1.27 bits per heavy atom. The summed E-state index contributed by atoms with van der Waals surface area (Å²) in [6.07, 6.45) is 1.87. The van der Waals surface area contributed by atoms with E-state index in [0.29, 0.717) is 17.5 Å². The van der Waals surface area contributed by atoms with Gasteiger partial charge in [-0.15, -0.1) is 0 Å². The first-order chi connectivity index (χ1) is 10.4. The molecule has 0 aliphatic heterocycles. The van der Waals surface area contributed by atoms with Crippen LogP contribution in [0.1, 0.15) is 32.3 Å². The zero-order chi connectivity index (χ0) is 16.2. The lowest BCUT2D eigenvalue weighted by molar-refractivity contribution is 0.581. The van der Waals surface area contributed by atoms with Crippen LogP contribution in [0, 0.1) is 0 Å².